The number of nitrogens with zero attached hydrogens (tertiary/aromatic N) is 1. The van der Waals surface area contributed by atoms with Crippen molar-refractivity contribution in [1.29, 1.82) is 0 Å². The minimum absolute atomic E-state index is 0.134. The summed E-state index contributed by atoms with van der Waals surface area (Å²) in [6.07, 6.45) is -0.158. The molecule has 66 valence electrons. The van der Waals surface area contributed by atoms with Crippen LogP contribution in [0.3, 0.4) is 0 Å². The van der Waals surface area contributed by atoms with E-state index >= 15 is 0 Å². The van der Waals surface area contributed by atoms with Crippen molar-refractivity contribution in [3.63, 3.8) is 0 Å². The van der Waals surface area contributed by atoms with Crippen LogP contribution in [0.15, 0.2) is 0 Å². The summed E-state index contributed by atoms with van der Waals surface area (Å²) in [5.41, 5.74) is 0. The van der Waals surface area contributed by atoms with Crippen molar-refractivity contribution in [3.8, 4) is 0 Å². The van der Waals surface area contributed by atoms with E-state index in [1.54, 1.807) is 0 Å². The molecule has 1 rings (SSSR count). The number of likely N-dealkylation sites (tertiary alicyclic amines) is 1. The first-order valence-electron chi connectivity index (χ1n) is 4.16. The molecular formula is C8H15F2N. The van der Waals surface area contributed by atoms with Gasteiger partial charge in [0.05, 0.1) is 6.67 Å². The minimum Gasteiger partial charge on any atom is -0.300 e. The lowest BCUT2D eigenvalue weighted by atomic mass is 10.1. The summed E-state index contributed by atoms with van der Waals surface area (Å²) in [5, 5.41) is 0. The Kier molecular flexibility index (Phi) is 3.24. The van der Waals surface area contributed by atoms with Gasteiger partial charge >= 0.3 is 0 Å². The van der Waals surface area contributed by atoms with Crippen molar-refractivity contribution < 1.29 is 8.78 Å². The Bertz CT molecular complexity index is 109. The summed E-state index contributed by atoms with van der Waals surface area (Å²) in [4.78, 5) is 1.99. The van der Waals surface area contributed by atoms with Crippen LogP contribution in [0.5, 0.6) is 0 Å². The van der Waals surface area contributed by atoms with E-state index in [4.69, 9.17) is 0 Å². The van der Waals surface area contributed by atoms with E-state index in [0.717, 1.165) is 6.54 Å². The van der Waals surface area contributed by atoms with Gasteiger partial charge in [-0.15, -0.1) is 0 Å². The number of alkyl halides is 2. The number of hydrogen-bond acceptors (Lipinski definition) is 1. The van der Waals surface area contributed by atoms with Crippen molar-refractivity contribution >= 4 is 0 Å². The van der Waals surface area contributed by atoms with Gasteiger partial charge in [0.1, 0.15) is 6.17 Å². The van der Waals surface area contributed by atoms with Crippen LogP contribution in [0.1, 0.15) is 13.3 Å². The molecule has 1 nitrogen and oxygen atoms in total. The van der Waals surface area contributed by atoms with Gasteiger partial charge in [0.25, 0.3) is 0 Å². The van der Waals surface area contributed by atoms with Gasteiger partial charge in [0, 0.05) is 25.6 Å². The Morgan fingerprint density at radius 1 is 1.45 bits per heavy atom. The second-order valence-corrected chi connectivity index (χ2v) is 3.30. The van der Waals surface area contributed by atoms with Crippen LogP contribution in [0.4, 0.5) is 8.78 Å². The maximum absolute atomic E-state index is 12.9. The molecule has 0 bridgehead atoms. The summed E-state index contributed by atoms with van der Waals surface area (Å²) in [6.45, 7) is 3.62. The molecule has 2 atom stereocenters. The summed E-state index contributed by atoms with van der Waals surface area (Å²) >= 11 is 0. The minimum atomic E-state index is -0.699. The standard InChI is InChI=1S/C8H15F2N/c1-7-5-11(4-2-3-9)6-8(7)10/h7-8H,2-6H2,1H3. The average Bonchev–Trinajstić information content (AvgIpc) is 2.28. The number of hydrogen-bond donors (Lipinski definition) is 0. The van der Waals surface area contributed by atoms with Gasteiger partial charge < -0.3 is 0 Å². The molecule has 0 radical (unpaired) electrons. The maximum Gasteiger partial charge on any atom is 0.116 e. The zero-order valence-electron chi connectivity index (χ0n) is 6.89. The third kappa shape index (κ3) is 2.40. The van der Waals surface area contributed by atoms with Crippen molar-refractivity contribution in [1.82, 2.24) is 4.90 Å². The first kappa shape index (κ1) is 8.91. The van der Waals surface area contributed by atoms with Gasteiger partial charge in [-0.2, -0.15) is 0 Å². The molecule has 0 aromatic rings. The SMILES string of the molecule is CC1CN(CCCF)CC1F. The van der Waals surface area contributed by atoms with E-state index < -0.39 is 6.17 Å². The average molecular weight is 163 g/mol. The summed E-state index contributed by atoms with van der Waals surface area (Å²) in [7, 11) is 0. The van der Waals surface area contributed by atoms with Gasteiger partial charge in [0.15, 0.2) is 0 Å². The van der Waals surface area contributed by atoms with Gasteiger partial charge in [-0.3, -0.25) is 9.29 Å². The predicted molar refractivity (Wildman–Crippen MR) is 41.1 cm³/mol. The highest BCUT2D eigenvalue weighted by Crippen LogP contribution is 2.18. The number of halogens is 2. The molecule has 0 aromatic heterocycles. The van der Waals surface area contributed by atoms with Gasteiger partial charge in [-0.1, -0.05) is 6.92 Å². The number of rotatable bonds is 3. The molecular weight excluding hydrogens is 148 g/mol. The van der Waals surface area contributed by atoms with Crippen LogP contribution < -0.4 is 0 Å². The fraction of sp³-hybridized carbons (Fsp3) is 1.00. The first-order chi connectivity index (χ1) is 5.24. The van der Waals surface area contributed by atoms with Gasteiger partial charge in [-0.25, -0.2) is 4.39 Å². The maximum atomic E-state index is 12.9. The summed E-state index contributed by atoms with van der Waals surface area (Å²) < 4.78 is 24.6. The van der Waals surface area contributed by atoms with Crippen molar-refractivity contribution in [2.24, 2.45) is 5.92 Å². The Balaban J connectivity index is 2.18. The molecule has 0 spiro atoms. The highest BCUT2D eigenvalue weighted by atomic mass is 19.1. The molecule has 1 aliphatic rings. The van der Waals surface area contributed by atoms with E-state index in [2.05, 4.69) is 0 Å². The van der Waals surface area contributed by atoms with Crippen LogP contribution in [0, 0.1) is 5.92 Å². The quantitative estimate of drug-likeness (QED) is 0.611. The molecule has 1 saturated heterocycles. The Hall–Kier alpha value is -0.180. The van der Waals surface area contributed by atoms with E-state index in [9.17, 15) is 8.78 Å². The Morgan fingerprint density at radius 3 is 2.64 bits per heavy atom. The Morgan fingerprint density at radius 2 is 2.18 bits per heavy atom. The normalized spacial score (nSPS) is 33.0. The van der Waals surface area contributed by atoms with E-state index in [-0.39, 0.29) is 12.6 Å². The van der Waals surface area contributed by atoms with E-state index in [0.29, 0.717) is 19.5 Å². The molecule has 11 heavy (non-hydrogen) atoms. The predicted octanol–water partition coefficient (Wildman–Crippen LogP) is 1.64. The largest absolute Gasteiger partial charge is 0.300 e. The smallest absolute Gasteiger partial charge is 0.116 e. The topological polar surface area (TPSA) is 3.24 Å². The molecule has 1 fully saturated rings. The molecule has 2 unspecified atom stereocenters. The van der Waals surface area contributed by atoms with Crippen molar-refractivity contribution in [2.45, 2.75) is 19.5 Å². The molecule has 0 N–H and O–H groups in total. The monoisotopic (exact) mass is 163 g/mol. The highest BCUT2D eigenvalue weighted by Gasteiger charge is 2.28. The summed E-state index contributed by atoms with van der Waals surface area (Å²) in [6, 6.07) is 0. The van der Waals surface area contributed by atoms with Crippen LogP contribution >= 0.6 is 0 Å². The van der Waals surface area contributed by atoms with Crippen molar-refractivity contribution in [3.05, 3.63) is 0 Å². The highest BCUT2D eigenvalue weighted by molar-refractivity contribution is 4.80. The molecule has 3 heteroatoms. The third-order valence-corrected chi connectivity index (χ3v) is 2.20. The molecule has 1 aliphatic heterocycles. The van der Waals surface area contributed by atoms with Crippen LogP contribution in [-0.4, -0.2) is 37.4 Å². The van der Waals surface area contributed by atoms with Gasteiger partial charge in [-0.05, 0) is 6.42 Å². The molecule has 1 heterocycles. The summed E-state index contributed by atoms with van der Waals surface area (Å²) in [5.74, 6) is 0.134. The third-order valence-electron chi connectivity index (χ3n) is 2.20. The van der Waals surface area contributed by atoms with E-state index in [1.807, 2.05) is 11.8 Å². The lowest BCUT2D eigenvalue weighted by Crippen LogP contribution is -2.22. The van der Waals surface area contributed by atoms with Gasteiger partial charge in [0.2, 0.25) is 0 Å². The zero-order valence-corrected chi connectivity index (χ0v) is 6.89. The second kappa shape index (κ2) is 4.00. The van der Waals surface area contributed by atoms with Crippen LogP contribution in [0.2, 0.25) is 0 Å². The molecule has 0 saturated carbocycles. The second-order valence-electron chi connectivity index (χ2n) is 3.30. The molecule has 0 amide bonds. The zero-order chi connectivity index (χ0) is 8.27. The fourth-order valence-electron chi connectivity index (χ4n) is 1.49. The van der Waals surface area contributed by atoms with Crippen LogP contribution in [0.25, 0.3) is 0 Å². The van der Waals surface area contributed by atoms with E-state index in [1.165, 1.54) is 0 Å². The van der Waals surface area contributed by atoms with Crippen molar-refractivity contribution in [2.75, 3.05) is 26.3 Å². The molecule has 0 aliphatic carbocycles. The first-order valence-corrected chi connectivity index (χ1v) is 4.16. The molecule has 0 aromatic carbocycles. The fourth-order valence-corrected chi connectivity index (χ4v) is 1.49. The lowest BCUT2D eigenvalue weighted by molar-refractivity contribution is 0.270. The lowest BCUT2D eigenvalue weighted by Gasteiger charge is -2.12. The van der Waals surface area contributed by atoms with Crippen LogP contribution in [-0.2, 0) is 0 Å². The Labute approximate surface area is 66.4 Å².